The van der Waals surface area contributed by atoms with Crippen LogP contribution in [-0.2, 0) is 0 Å². The van der Waals surface area contributed by atoms with Crippen molar-refractivity contribution in [2.24, 2.45) is 5.41 Å². The van der Waals surface area contributed by atoms with Gasteiger partial charge in [0.2, 0.25) is 0 Å². The molecule has 1 unspecified atom stereocenters. The van der Waals surface area contributed by atoms with Crippen molar-refractivity contribution in [1.29, 1.82) is 0 Å². The van der Waals surface area contributed by atoms with Gasteiger partial charge in [0.25, 0.3) is 0 Å². The highest BCUT2D eigenvalue weighted by Crippen LogP contribution is 2.31. The van der Waals surface area contributed by atoms with Gasteiger partial charge in [-0.1, -0.05) is 32.0 Å². The van der Waals surface area contributed by atoms with Crippen molar-refractivity contribution in [3.63, 3.8) is 0 Å². The fourth-order valence-corrected chi connectivity index (χ4v) is 3.14. The molecular formula is C17H24N2O. The predicted molar refractivity (Wildman–Crippen MR) is 82.9 cm³/mol. The first-order valence-corrected chi connectivity index (χ1v) is 7.45. The summed E-state index contributed by atoms with van der Waals surface area (Å²) >= 11 is 0. The lowest BCUT2D eigenvalue weighted by Gasteiger charge is -2.23. The molecule has 1 atom stereocenters. The highest BCUT2D eigenvalue weighted by Gasteiger charge is 2.30. The first-order valence-electron chi connectivity index (χ1n) is 7.45. The SMILES string of the molecule is CNC(CN1CCC(C)(C)C1)c1cc2ccccc2o1. The van der Waals surface area contributed by atoms with E-state index >= 15 is 0 Å². The topological polar surface area (TPSA) is 28.4 Å². The average molecular weight is 272 g/mol. The third-order valence-electron chi connectivity index (χ3n) is 4.33. The summed E-state index contributed by atoms with van der Waals surface area (Å²) in [5.74, 6) is 1.04. The maximum Gasteiger partial charge on any atom is 0.134 e. The normalized spacial score (nSPS) is 20.6. The van der Waals surface area contributed by atoms with Gasteiger partial charge in [-0.2, -0.15) is 0 Å². The molecule has 0 saturated carbocycles. The van der Waals surface area contributed by atoms with Crippen molar-refractivity contribution in [2.45, 2.75) is 26.3 Å². The lowest BCUT2D eigenvalue weighted by atomic mass is 9.93. The van der Waals surface area contributed by atoms with E-state index in [1.54, 1.807) is 0 Å². The Bertz CT molecular complexity index is 554. The number of nitrogens with zero attached hydrogens (tertiary/aromatic N) is 1. The number of hydrogen-bond donors (Lipinski definition) is 1. The Kier molecular flexibility index (Phi) is 3.57. The van der Waals surface area contributed by atoms with Gasteiger partial charge in [0, 0.05) is 18.5 Å². The average Bonchev–Trinajstić information content (AvgIpc) is 2.98. The molecule has 2 heterocycles. The molecule has 20 heavy (non-hydrogen) atoms. The van der Waals surface area contributed by atoms with Gasteiger partial charge in [-0.05, 0) is 37.6 Å². The fourth-order valence-electron chi connectivity index (χ4n) is 3.14. The van der Waals surface area contributed by atoms with Crippen LogP contribution in [0.2, 0.25) is 0 Å². The van der Waals surface area contributed by atoms with Crippen molar-refractivity contribution < 1.29 is 4.42 Å². The van der Waals surface area contributed by atoms with E-state index in [0.29, 0.717) is 5.41 Å². The zero-order valence-corrected chi connectivity index (χ0v) is 12.6. The Morgan fingerprint density at radius 3 is 2.80 bits per heavy atom. The van der Waals surface area contributed by atoms with Gasteiger partial charge in [-0.15, -0.1) is 0 Å². The van der Waals surface area contributed by atoms with Crippen molar-refractivity contribution >= 4 is 11.0 Å². The summed E-state index contributed by atoms with van der Waals surface area (Å²) < 4.78 is 5.99. The summed E-state index contributed by atoms with van der Waals surface area (Å²) in [6.07, 6.45) is 1.28. The van der Waals surface area contributed by atoms with E-state index in [4.69, 9.17) is 4.42 Å². The number of rotatable bonds is 4. The van der Waals surface area contributed by atoms with E-state index in [1.807, 2.05) is 19.2 Å². The lowest BCUT2D eigenvalue weighted by Crippen LogP contribution is -2.33. The molecule has 1 aromatic heterocycles. The minimum Gasteiger partial charge on any atom is -0.459 e. The molecule has 3 heteroatoms. The number of likely N-dealkylation sites (tertiary alicyclic amines) is 1. The molecule has 1 aromatic carbocycles. The molecule has 0 aliphatic carbocycles. The second-order valence-electron chi connectivity index (χ2n) is 6.68. The fraction of sp³-hybridized carbons (Fsp3) is 0.529. The number of fused-ring (bicyclic) bond motifs is 1. The largest absolute Gasteiger partial charge is 0.459 e. The predicted octanol–water partition coefficient (Wildman–Crippen LogP) is 3.43. The summed E-state index contributed by atoms with van der Waals surface area (Å²) in [6.45, 7) is 8.07. The number of para-hydroxylation sites is 1. The first kappa shape index (κ1) is 13.7. The summed E-state index contributed by atoms with van der Waals surface area (Å²) in [4.78, 5) is 2.54. The van der Waals surface area contributed by atoms with Crippen LogP contribution in [0, 0.1) is 5.41 Å². The summed E-state index contributed by atoms with van der Waals surface area (Å²) in [6, 6.07) is 10.6. The van der Waals surface area contributed by atoms with E-state index in [2.05, 4.69) is 42.3 Å². The number of likely N-dealkylation sites (N-methyl/N-ethyl adjacent to an activating group) is 1. The summed E-state index contributed by atoms with van der Waals surface area (Å²) in [7, 11) is 2.01. The highest BCUT2D eigenvalue weighted by molar-refractivity contribution is 5.77. The maximum atomic E-state index is 5.99. The van der Waals surface area contributed by atoms with E-state index in [1.165, 1.54) is 24.9 Å². The molecule has 3 nitrogen and oxygen atoms in total. The van der Waals surface area contributed by atoms with Crippen LogP contribution in [0.1, 0.15) is 32.1 Å². The third kappa shape index (κ3) is 2.74. The van der Waals surface area contributed by atoms with Crippen LogP contribution in [0.5, 0.6) is 0 Å². The van der Waals surface area contributed by atoms with Crippen LogP contribution in [0.15, 0.2) is 34.7 Å². The minimum absolute atomic E-state index is 0.260. The maximum absolute atomic E-state index is 5.99. The van der Waals surface area contributed by atoms with Crippen LogP contribution in [0.25, 0.3) is 11.0 Å². The zero-order valence-electron chi connectivity index (χ0n) is 12.6. The second kappa shape index (κ2) is 5.23. The van der Waals surface area contributed by atoms with Crippen molar-refractivity contribution in [3.8, 4) is 0 Å². The monoisotopic (exact) mass is 272 g/mol. The van der Waals surface area contributed by atoms with Gasteiger partial charge in [-0.3, -0.25) is 0 Å². The van der Waals surface area contributed by atoms with E-state index in [9.17, 15) is 0 Å². The van der Waals surface area contributed by atoms with Crippen LogP contribution < -0.4 is 5.32 Å². The van der Waals surface area contributed by atoms with E-state index < -0.39 is 0 Å². The van der Waals surface area contributed by atoms with Crippen LogP contribution in [0.4, 0.5) is 0 Å². The molecule has 1 saturated heterocycles. The van der Waals surface area contributed by atoms with Crippen LogP contribution >= 0.6 is 0 Å². The lowest BCUT2D eigenvalue weighted by molar-refractivity contribution is 0.253. The molecule has 1 aliphatic rings. The molecule has 0 bridgehead atoms. The molecule has 1 N–H and O–H groups in total. The Morgan fingerprint density at radius 2 is 2.15 bits per heavy atom. The Morgan fingerprint density at radius 1 is 1.35 bits per heavy atom. The van der Waals surface area contributed by atoms with Crippen LogP contribution in [0.3, 0.4) is 0 Å². The number of nitrogens with one attached hydrogen (secondary N) is 1. The van der Waals surface area contributed by atoms with Gasteiger partial charge < -0.3 is 14.6 Å². The number of benzene rings is 1. The quantitative estimate of drug-likeness (QED) is 0.924. The Hall–Kier alpha value is -1.32. The van der Waals surface area contributed by atoms with Crippen molar-refractivity contribution in [1.82, 2.24) is 10.2 Å². The van der Waals surface area contributed by atoms with Crippen molar-refractivity contribution in [3.05, 3.63) is 36.1 Å². The Labute approximate surface area is 120 Å². The second-order valence-corrected chi connectivity index (χ2v) is 6.68. The molecule has 2 aromatic rings. The molecule has 108 valence electrons. The number of furan rings is 1. The van der Waals surface area contributed by atoms with Gasteiger partial charge in [0.05, 0.1) is 6.04 Å². The van der Waals surface area contributed by atoms with E-state index in [-0.39, 0.29) is 6.04 Å². The smallest absolute Gasteiger partial charge is 0.134 e. The van der Waals surface area contributed by atoms with E-state index in [0.717, 1.165) is 17.9 Å². The standard InChI is InChI=1S/C17H24N2O/c1-17(2)8-9-19(12-17)11-14(18-3)16-10-13-6-4-5-7-15(13)20-16/h4-7,10,14,18H,8-9,11-12H2,1-3H3. The van der Waals surface area contributed by atoms with Gasteiger partial charge in [-0.25, -0.2) is 0 Å². The minimum atomic E-state index is 0.260. The zero-order chi connectivity index (χ0) is 14.2. The van der Waals surface area contributed by atoms with Gasteiger partial charge in [0.15, 0.2) is 0 Å². The Balaban J connectivity index is 1.76. The van der Waals surface area contributed by atoms with Gasteiger partial charge in [0.1, 0.15) is 11.3 Å². The molecule has 0 amide bonds. The molecule has 0 spiro atoms. The molecule has 1 aliphatic heterocycles. The molecule has 0 radical (unpaired) electrons. The molecule has 3 rings (SSSR count). The summed E-state index contributed by atoms with van der Waals surface area (Å²) in [5, 5.41) is 4.58. The third-order valence-corrected chi connectivity index (χ3v) is 4.33. The first-order chi connectivity index (χ1) is 9.57. The number of hydrogen-bond acceptors (Lipinski definition) is 3. The van der Waals surface area contributed by atoms with Crippen molar-refractivity contribution in [2.75, 3.05) is 26.7 Å². The van der Waals surface area contributed by atoms with Crippen LogP contribution in [-0.4, -0.2) is 31.6 Å². The summed E-state index contributed by atoms with van der Waals surface area (Å²) in [5.41, 5.74) is 1.43. The molecule has 1 fully saturated rings. The van der Waals surface area contributed by atoms with Gasteiger partial charge >= 0.3 is 0 Å². The highest BCUT2D eigenvalue weighted by atomic mass is 16.3. The molecular weight excluding hydrogens is 248 g/mol.